The maximum absolute atomic E-state index is 6.44. The van der Waals surface area contributed by atoms with E-state index in [9.17, 15) is 0 Å². The smallest absolute Gasteiger partial charge is 0.342 e. The van der Waals surface area contributed by atoms with E-state index in [1.165, 1.54) is 0 Å². The first-order valence-corrected chi connectivity index (χ1v) is 22.2. The maximum atomic E-state index is 6.44. The molecule has 0 amide bonds. The molecule has 1 atom stereocenters. The summed E-state index contributed by atoms with van der Waals surface area (Å²) >= 11 is 0. The summed E-state index contributed by atoms with van der Waals surface area (Å²) in [5.74, 6) is 0. The van der Waals surface area contributed by atoms with E-state index < -0.39 is 42.3 Å². The number of hydrogen-bond donors (Lipinski definition) is 0. The normalized spacial score (nSPS) is 16.4. The molecule has 0 rings (SSSR count). The summed E-state index contributed by atoms with van der Waals surface area (Å²) in [6, 6.07) is 0. The lowest BCUT2D eigenvalue weighted by molar-refractivity contribution is 0.304. The van der Waals surface area contributed by atoms with Gasteiger partial charge in [0.05, 0.1) is 0 Å². The van der Waals surface area contributed by atoms with Crippen molar-refractivity contribution in [3.8, 4) is 0 Å². The van der Waals surface area contributed by atoms with Gasteiger partial charge in [-0.1, -0.05) is 17.1 Å². The fraction of sp³-hybridized carbons (Fsp3) is 0.600. The summed E-state index contributed by atoms with van der Waals surface area (Å²) in [6.07, 6.45) is 0. The van der Waals surface area contributed by atoms with Crippen LogP contribution in [0.4, 0.5) is 0 Å². The van der Waals surface area contributed by atoms with Gasteiger partial charge < -0.3 is 16.5 Å². The maximum Gasteiger partial charge on any atom is 0.342 e. The monoisotopic (exact) mass is 420 g/mol. The van der Waals surface area contributed by atoms with E-state index in [1.54, 1.807) is 0 Å². The van der Waals surface area contributed by atoms with Gasteiger partial charge in [-0.25, -0.2) is 0 Å². The Bertz CT molecular complexity index is 476. The molecule has 1 unspecified atom stereocenters. The van der Waals surface area contributed by atoms with Gasteiger partial charge >= 0.3 is 25.7 Å². The van der Waals surface area contributed by atoms with Crippen molar-refractivity contribution in [1.82, 2.24) is 0 Å². The van der Waals surface area contributed by atoms with Crippen molar-refractivity contribution in [3.05, 3.63) is 36.8 Å². The van der Waals surface area contributed by atoms with E-state index >= 15 is 0 Å². The predicted octanol–water partition coefficient (Wildman–Crippen LogP) is 5.11. The molecule has 0 aromatic rings. The minimum Gasteiger partial charge on any atom is -0.433 e. The Morgan fingerprint density at radius 1 is 0.500 bits per heavy atom. The van der Waals surface area contributed by atoms with Crippen molar-refractivity contribution in [2.75, 3.05) is 0 Å². The third kappa shape index (κ3) is 9.01. The van der Waals surface area contributed by atoms with Gasteiger partial charge in [0.15, 0.2) is 16.6 Å². The van der Waals surface area contributed by atoms with Crippen LogP contribution in [0.3, 0.4) is 0 Å². The Morgan fingerprint density at radius 2 is 0.875 bits per heavy atom. The molecule has 0 aromatic carbocycles. The fourth-order valence-corrected chi connectivity index (χ4v) is 23.3. The molecule has 0 saturated carbocycles. The zero-order valence-electron chi connectivity index (χ0n) is 17.0. The third-order valence-electron chi connectivity index (χ3n) is 3.27. The molecule has 0 spiro atoms. The van der Waals surface area contributed by atoms with Crippen LogP contribution in [0.5, 0.6) is 0 Å². The van der Waals surface area contributed by atoms with Crippen LogP contribution in [0.15, 0.2) is 36.8 Å². The van der Waals surface area contributed by atoms with Crippen molar-refractivity contribution in [3.63, 3.8) is 0 Å². The highest BCUT2D eigenvalue weighted by Gasteiger charge is 2.45. The molecule has 0 aliphatic heterocycles. The standard InChI is InChI=1S/C15H36O4Si5/c1-13-20(4,5)16-22(8,9)18-23(10,11)19-24(12,15-3)17-21(6,7)14-2/h13-15H,1-3H2,4-12H3. The minimum atomic E-state index is -2.53. The SMILES string of the molecule is C=C[Si](C)(C)O[Si](C)(C)O[Si](C)(C)O[Si](C)(C=C)O[Si](C)(C)C=C. The van der Waals surface area contributed by atoms with Crippen molar-refractivity contribution < 1.29 is 16.5 Å². The molecule has 0 radical (unpaired) electrons. The van der Waals surface area contributed by atoms with Gasteiger partial charge in [-0.15, -0.1) is 19.7 Å². The topological polar surface area (TPSA) is 36.9 Å². The Labute approximate surface area is 154 Å². The molecule has 9 heteroatoms. The summed E-state index contributed by atoms with van der Waals surface area (Å²) in [7, 11) is -11.2. The zero-order valence-corrected chi connectivity index (χ0v) is 22.0. The van der Waals surface area contributed by atoms with Crippen molar-refractivity contribution in [1.29, 1.82) is 0 Å². The van der Waals surface area contributed by atoms with Crippen LogP contribution in [0.25, 0.3) is 0 Å². The lowest BCUT2D eigenvalue weighted by Gasteiger charge is -2.41. The highest BCUT2D eigenvalue weighted by atomic mass is 28.5. The minimum absolute atomic E-state index is 1.83. The van der Waals surface area contributed by atoms with E-state index in [0.29, 0.717) is 0 Å². The first-order chi connectivity index (χ1) is 10.5. The molecule has 0 bridgehead atoms. The average molecular weight is 421 g/mol. The largest absolute Gasteiger partial charge is 0.433 e. The molecule has 0 fully saturated rings. The molecule has 0 heterocycles. The van der Waals surface area contributed by atoms with Crippen molar-refractivity contribution in [2.45, 2.75) is 58.9 Å². The number of rotatable bonds is 11. The Balaban J connectivity index is 5.20. The lowest BCUT2D eigenvalue weighted by atomic mass is 11.3. The van der Waals surface area contributed by atoms with E-state index in [2.05, 4.69) is 59.0 Å². The summed E-state index contributed by atoms with van der Waals surface area (Å²) in [5.41, 5.74) is 5.69. The molecular weight excluding hydrogens is 385 g/mol. The van der Waals surface area contributed by atoms with Gasteiger partial charge in [-0.2, -0.15) is 0 Å². The molecule has 24 heavy (non-hydrogen) atoms. The fourth-order valence-electron chi connectivity index (χ4n) is 2.46. The lowest BCUT2D eigenvalue weighted by Crippen LogP contribution is -2.58. The van der Waals surface area contributed by atoms with Gasteiger partial charge in [0.25, 0.3) is 0 Å². The molecule has 0 saturated heterocycles. The van der Waals surface area contributed by atoms with Crippen molar-refractivity contribution >= 4 is 42.3 Å². The van der Waals surface area contributed by atoms with Gasteiger partial charge in [0.2, 0.25) is 0 Å². The number of hydrogen-bond acceptors (Lipinski definition) is 4. The van der Waals surface area contributed by atoms with Crippen LogP contribution in [0, 0.1) is 0 Å². The Kier molecular flexibility index (Phi) is 8.28. The molecule has 140 valence electrons. The van der Waals surface area contributed by atoms with Crippen LogP contribution in [0.1, 0.15) is 0 Å². The summed E-state index contributed by atoms with van der Waals surface area (Å²) in [6.45, 7) is 30.4. The van der Waals surface area contributed by atoms with Crippen LogP contribution in [-0.2, 0) is 16.5 Å². The Hall–Kier alpha value is 0.144. The highest BCUT2D eigenvalue weighted by Crippen LogP contribution is 2.26. The second kappa shape index (κ2) is 8.23. The summed E-state index contributed by atoms with van der Waals surface area (Å²) < 4.78 is 25.5. The third-order valence-corrected chi connectivity index (χ3v) is 21.3. The first-order valence-electron chi connectivity index (χ1n) is 8.22. The molecule has 0 aliphatic carbocycles. The van der Waals surface area contributed by atoms with Gasteiger partial charge in [-0.3, -0.25) is 0 Å². The van der Waals surface area contributed by atoms with Crippen LogP contribution in [0.2, 0.25) is 58.9 Å². The second-order valence-corrected chi connectivity index (χ2v) is 26.6. The average Bonchev–Trinajstić information content (AvgIpc) is 2.34. The van der Waals surface area contributed by atoms with Crippen LogP contribution in [-0.4, -0.2) is 42.3 Å². The molecule has 0 aromatic heterocycles. The Morgan fingerprint density at radius 3 is 1.25 bits per heavy atom. The summed E-state index contributed by atoms with van der Waals surface area (Å²) in [4.78, 5) is 0. The quantitative estimate of drug-likeness (QED) is 0.435. The zero-order chi connectivity index (χ0) is 19.4. The molecule has 4 nitrogen and oxygen atoms in total. The van der Waals surface area contributed by atoms with Gasteiger partial charge in [-0.05, 0) is 58.9 Å². The van der Waals surface area contributed by atoms with E-state index in [4.69, 9.17) is 16.5 Å². The van der Waals surface area contributed by atoms with Crippen LogP contribution >= 0.6 is 0 Å². The van der Waals surface area contributed by atoms with E-state index in [1.807, 2.05) is 36.7 Å². The van der Waals surface area contributed by atoms with Crippen LogP contribution < -0.4 is 0 Å². The van der Waals surface area contributed by atoms with E-state index in [-0.39, 0.29) is 0 Å². The first kappa shape index (κ1) is 24.1. The molecule has 0 N–H and O–H groups in total. The van der Waals surface area contributed by atoms with E-state index in [0.717, 1.165) is 0 Å². The second-order valence-electron chi connectivity index (χ2n) is 8.04. The highest BCUT2D eigenvalue weighted by molar-refractivity contribution is 6.93. The van der Waals surface area contributed by atoms with Gasteiger partial charge in [0, 0.05) is 0 Å². The van der Waals surface area contributed by atoms with Gasteiger partial charge in [0.1, 0.15) is 0 Å². The predicted molar refractivity (Wildman–Crippen MR) is 116 cm³/mol. The molecular formula is C15H36O4Si5. The summed E-state index contributed by atoms with van der Waals surface area (Å²) in [5, 5.41) is 0. The molecule has 0 aliphatic rings. The van der Waals surface area contributed by atoms with Crippen molar-refractivity contribution in [2.24, 2.45) is 0 Å².